The minimum atomic E-state index is -0.832. The summed E-state index contributed by atoms with van der Waals surface area (Å²) in [7, 11) is 0. The number of hydrogen-bond donors (Lipinski definition) is 1. The van der Waals surface area contributed by atoms with Crippen LogP contribution in [0.25, 0.3) is 0 Å². The van der Waals surface area contributed by atoms with Gasteiger partial charge in [0.2, 0.25) is 5.91 Å². The molecule has 102 valence electrons. The highest BCUT2D eigenvalue weighted by atomic mass is 32.1. The number of rotatable bonds is 3. The van der Waals surface area contributed by atoms with E-state index in [1.165, 1.54) is 9.75 Å². The predicted octanol–water partition coefficient (Wildman–Crippen LogP) is 2.44. The molecule has 0 radical (unpaired) electrons. The predicted molar refractivity (Wildman–Crippen MR) is 72.0 cm³/mol. The van der Waals surface area contributed by atoms with Crippen molar-refractivity contribution in [2.24, 2.45) is 11.8 Å². The van der Waals surface area contributed by atoms with Crippen LogP contribution < -0.4 is 0 Å². The van der Waals surface area contributed by atoms with E-state index in [9.17, 15) is 9.59 Å². The minimum absolute atomic E-state index is 0.0425. The summed E-state index contributed by atoms with van der Waals surface area (Å²) < 4.78 is 0. The Morgan fingerprint density at radius 1 is 1.37 bits per heavy atom. The van der Waals surface area contributed by atoms with Gasteiger partial charge in [0, 0.05) is 16.3 Å². The molecule has 1 aromatic rings. The van der Waals surface area contributed by atoms with Crippen LogP contribution in [0.3, 0.4) is 0 Å². The summed E-state index contributed by atoms with van der Waals surface area (Å²) in [4.78, 5) is 27.6. The zero-order valence-corrected chi connectivity index (χ0v) is 11.7. The van der Waals surface area contributed by atoms with Crippen molar-refractivity contribution in [3.63, 3.8) is 0 Å². The Morgan fingerprint density at radius 3 is 2.74 bits per heavy atom. The maximum Gasteiger partial charge on any atom is 0.307 e. The third-order valence-corrected chi connectivity index (χ3v) is 5.15. The third-order valence-electron chi connectivity index (χ3n) is 4.05. The van der Waals surface area contributed by atoms with Crippen LogP contribution in [-0.2, 0) is 9.59 Å². The molecule has 1 aromatic heterocycles. The number of thiophene rings is 1. The Hall–Kier alpha value is -1.36. The van der Waals surface area contributed by atoms with Crippen molar-refractivity contribution in [1.29, 1.82) is 0 Å². The molecule has 5 heteroatoms. The zero-order valence-electron chi connectivity index (χ0n) is 10.8. The number of aryl methyl sites for hydroxylation is 1. The lowest BCUT2D eigenvalue weighted by molar-refractivity contribution is -0.142. The second-order valence-corrected chi connectivity index (χ2v) is 6.74. The molecular formula is C14H17NO3S. The number of nitrogens with zero attached hydrogens (tertiary/aromatic N) is 1. The molecule has 19 heavy (non-hydrogen) atoms. The molecule has 2 aliphatic rings. The van der Waals surface area contributed by atoms with Crippen molar-refractivity contribution in [3.05, 3.63) is 21.9 Å². The van der Waals surface area contributed by atoms with Gasteiger partial charge < -0.3 is 10.0 Å². The smallest absolute Gasteiger partial charge is 0.307 e. The molecule has 1 N–H and O–H groups in total. The van der Waals surface area contributed by atoms with Crippen molar-refractivity contribution < 1.29 is 14.7 Å². The monoisotopic (exact) mass is 279 g/mol. The van der Waals surface area contributed by atoms with Crippen molar-refractivity contribution in [2.45, 2.75) is 32.2 Å². The van der Waals surface area contributed by atoms with Crippen LogP contribution in [0, 0.1) is 18.8 Å². The lowest BCUT2D eigenvalue weighted by Crippen LogP contribution is -2.32. The van der Waals surface area contributed by atoms with E-state index < -0.39 is 11.9 Å². The molecule has 0 bridgehead atoms. The fourth-order valence-electron chi connectivity index (χ4n) is 2.91. The highest BCUT2D eigenvalue weighted by molar-refractivity contribution is 7.12. The normalized spacial score (nSPS) is 29.5. The Morgan fingerprint density at radius 2 is 2.16 bits per heavy atom. The average molecular weight is 279 g/mol. The third kappa shape index (κ3) is 2.27. The summed E-state index contributed by atoms with van der Waals surface area (Å²) in [6.45, 7) is 2.83. The summed E-state index contributed by atoms with van der Waals surface area (Å²) in [6.07, 6.45) is 2.52. The van der Waals surface area contributed by atoms with Gasteiger partial charge in [0.15, 0.2) is 0 Å². The van der Waals surface area contributed by atoms with E-state index in [1.54, 1.807) is 11.3 Å². The van der Waals surface area contributed by atoms with Crippen LogP contribution >= 0.6 is 11.3 Å². The summed E-state index contributed by atoms with van der Waals surface area (Å²) in [5, 5.41) is 8.93. The Kier molecular flexibility index (Phi) is 3.09. The van der Waals surface area contributed by atoms with Crippen LogP contribution in [0.15, 0.2) is 12.1 Å². The number of carboxylic acids is 1. The lowest BCUT2D eigenvalue weighted by atomic mass is 10.1. The van der Waals surface area contributed by atoms with E-state index in [0.717, 1.165) is 19.4 Å². The molecule has 3 rings (SSSR count). The van der Waals surface area contributed by atoms with Crippen molar-refractivity contribution in [2.75, 3.05) is 6.54 Å². The molecule has 2 fully saturated rings. The summed E-state index contributed by atoms with van der Waals surface area (Å²) in [5.74, 6) is -1.51. The molecule has 3 atom stereocenters. The SMILES string of the molecule is Cc1ccc(C2CCCN2C(=O)C2CC2C(=O)O)s1. The first-order valence-electron chi connectivity index (χ1n) is 6.67. The fourth-order valence-corrected chi connectivity index (χ4v) is 3.94. The summed E-state index contributed by atoms with van der Waals surface area (Å²) >= 11 is 1.74. The van der Waals surface area contributed by atoms with Gasteiger partial charge >= 0.3 is 5.97 Å². The number of carbonyl (C=O) groups excluding carboxylic acids is 1. The molecule has 2 heterocycles. The molecule has 1 aliphatic heterocycles. The van der Waals surface area contributed by atoms with Crippen LogP contribution in [0.5, 0.6) is 0 Å². The van der Waals surface area contributed by atoms with Gasteiger partial charge in [-0.3, -0.25) is 9.59 Å². The maximum absolute atomic E-state index is 12.4. The quantitative estimate of drug-likeness (QED) is 0.924. The molecule has 1 saturated carbocycles. The Balaban J connectivity index is 1.73. The second kappa shape index (κ2) is 4.63. The number of carboxylic acid groups (broad SMARTS) is 1. The fraction of sp³-hybridized carbons (Fsp3) is 0.571. The van der Waals surface area contributed by atoms with Crippen LogP contribution in [-0.4, -0.2) is 28.4 Å². The van der Waals surface area contributed by atoms with Crippen LogP contribution in [0.4, 0.5) is 0 Å². The molecule has 1 aliphatic carbocycles. The number of amides is 1. The molecule has 4 nitrogen and oxygen atoms in total. The number of carbonyl (C=O) groups is 2. The minimum Gasteiger partial charge on any atom is -0.481 e. The maximum atomic E-state index is 12.4. The molecule has 1 amide bonds. The van der Waals surface area contributed by atoms with Gasteiger partial charge in [-0.25, -0.2) is 0 Å². The Bertz CT molecular complexity index is 525. The standard InChI is InChI=1S/C14H17NO3S/c1-8-4-5-12(19-8)11-3-2-6-15(11)13(16)9-7-10(9)14(17)18/h4-5,9-11H,2-3,6-7H2,1H3,(H,17,18). The summed E-state index contributed by atoms with van der Waals surface area (Å²) in [6, 6.07) is 4.34. The van der Waals surface area contributed by atoms with E-state index in [4.69, 9.17) is 5.11 Å². The van der Waals surface area contributed by atoms with Gasteiger partial charge in [-0.05, 0) is 38.3 Å². The molecule has 0 aromatic carbocycles. The van der Waals surface area contributed by atoms with Gasteiger partial charge in [-0.15, -0.1) is 11.3 Å². The number of likely N-dealkylation sites (tertiary alicyclic amines) is 1. The van der Waals surface area contributed by atoms with Gasteiger partial charge in [-0.2, -0.15) is 0 Å². The number of hydrogen-bond acceptors (Lipinski definition) is 3. The van der Waals surface area contributed by atoms with Crippen LogP contribution in [0.2, 0.25) is 0 Å². The first-order valence-corrected chi connectivity index (χ1v) is 7.49. The molecular weight excluding hydrogens is 262 g/mol. The van der Waals surface area contributed by atoms with Crippen molar-refractivity contribution in [3.8, 4) is 0 Å². The first-order chi connectivity index (χ1) is 9.08. The van der Waals surface area contributed by atoms with E-state index in [0.29, 0.717) is 6.42 Å². The highest BCUT2D eigenvalue weighted by Crippen LogP contribution is 2.44. The first kappa shape index (κ1) is 12.7. The number of aliphatic carboxylic acids is 1. The molecule has 1 saturated heterocycles. The van der Waals surface area contributed by atoms with Gasteiger partial charge in [0.05, 0.1) is 17.9 Å². The second-order valence-electron chi connectivity index (χ2n) is 5.42. The van der Waals surface area contributed by atoms with E-state index in [1.807, 2.05) is 4.90 Å². The largest absolute Gasteiger partial charge is 0.481 e. The summed E-state index contributed by atoms with van der Waals surface area (Å²) in [5.41, 5.74) is 0. The van der Waals surface area contributed by atoms with E-state index in [2.05, 4.69) is 19.1 Å². The van der Waals surface area contributed by atoms with Gasteiger partial charge in [0.25, 0.3) is 0 Å². The van der Waals surface area contributed by atoms with E-state index >= 15 is 0 Å². The van der Waals surface area contributed by atoms with Crippen molar-refractivity contribution in [1.82, 2.24) is 4.90 Å². The Labute approximate surface area is 116 Å². The van der Waals surface area contributed by atoms with Gasteiger partial charge in [-0.1, -0.05) is 0 Å². The average Bonchev–Trinajstić information content (AvgIpc) is 2.82. The lowest BCUT2D eigenvalue weighted by Gasteiger charge is -2.24. The topological polar surface area (TPSA) is 57.6 Å². The van der Waals surface area contributed by atoms with Crippen LogP contribution in [0.1, 0.15) is 35.1 Å². The van der Waals surface area contributed by atoms with Crippen molar-refractivity contribution >= 4 is 23.2 Å². The highest BCUT2D eigenvalue weighted by Gasteiger charge is 2.51. The molecule has 3 unspecified atom stereocenters. The molecule has 0 spiro atoms. The van der Waals surface area contributed by atoms with E-state index in [-0.39, 0.29) is 17.9 Å². The zero-order chi connectivity index (χ0) is 13.6. The van der Waals surface area contributed by atoms with Gasteiger partial charge in [0.1, 0.15) is 0 Å².